The monoisotopic (exact) mass is 269 g/mol. The van der Waals surface area contributed by atoms with Gasteiger partial charge in [-0.25, -0.2) is 0 Å². The van der Waals surface area contributed by atoms with E-state index in [0.29, 0.717) is 45.3 Å². The lowest BCUT2D eigenvalue weighted by atomic mass is 10.3. The normalized spacial score (nSPS) is 10.6. The van der Waals surface area contributed by atoms with Crippen LogP contribution in [0.3, 0.4) is 0 Å². The van der Waals surface area contributed by atoms with Gasteiger partial charge in [0.1, 0.15) is 5.75 Å². The number of hydrogen-bond acceptors (Lipinski definition) is 5. The van der Waals surface area contributed by atoms with Crippen molar-refractivity contribution in [3.8, 4) is 5.75 Å². The van der Waals surface area contributed by atoms with Crippen LogP contribution in [0, 0.1) is 0 Å². The zero-order valence-corrected chi connectivity index (χ0v) is 11.5. The molecular weight excluding hydrogens is 246 g/mol. The standard InChI is InChI=1S/C14H23NO4/c1-16-8-9-18-11-10-17-6-3-7-19-14-5-2-4-13(15)12-14/h2,4-5,12H,3,6-11,15H2,1H3. The van der Waals surface area contributed by atoms with Crippen molar-refractivity contribution in [3.63, 3.8) is 0 Å². The number of anilines is 1. The highest BCUT2D eigenvalue weighted by Gasteiger charge is 1.95. The molecule has 0 bridgehead atoms. The van der Waals surface area contributed by atoms with Gasteiger partial charge in [0.05, 0.1) is 33.0 Å². The summed E-state index contributed by atoms with van der Waals surface area (Å²) in [5.41, 5.74) is 6.36. The molecule has 0 atom stereocenters. The summed E-state index contributed by atoms with van der Waals surface area (Å²) in [5, 5.41) is 0. The first-order chi connectivity index (χ1) is 9.33. The lowest BCUT2D eigenvalue weighted by Gasteiger charge is -2.07. The smallest absolute Gasteiger partial charge is 0.121 e. The van der Waals surface area contributed by atoms with E-state index in [9.17, 15) is 0 Å². The lowest BCUT2D eigenvalue weighted by Crippen LogP contribution is -2.10. The molecule has 0 spiro atoms. The average molecular weight is 269 g/mol. The van der Waals surface area contributed by atoms with E-state index in [4.69, 9.17) is 24.7 Å². The van der Waals surface area contributed by atoms with Gasteiger partial charge in [0.15, 0.2) is 0 Å². The van der Waals surface area contributed by atoms with Gasteiger partial charge in [0.25, 0.3) is 0 Å². The van der Waals surface area contributed by atoms with E-state index in [0.717, 1.165) is 12.2 Å². The Kier molecular flexibility index (Phi) is 8.80. The Hall–Kier alpha value is -1.30. The highest BCUT2D eigenvalue weighted by molar-refractivity contribution is 5.43. The second-order valence-corrected chi connectivity index (χ2v) is 3.99. The topological polar surface area (TPSA) is 62.9 Å². The van der Waals surface area contributed by atoms with Crippen LogP contribution in [0.15, 0.2) is 24.3 Å². The molecule has 1 rings (SSSR count). The van der Waals surface area contributed by atoms with Crippen molar-refractivity contribution >= 4 is 5.69 Å². The van der Waals surface area contributed by atoms with E-state index in [1.54, 1.807) is 7.11 Å². The Balaban J connectivity index is 1.89. The Bertz CT molecular complexity index is 333. The van der Waals surface area contributed by atoms with E-state index < -0.39 is 0 Å². The van der Waals surface area contributed by atoms with Crippen LogP contribution in [0.2, 0.25) is 0 Å². The lowest BCUT2D eigenvalue weighted by molar-refractivity contribution is 0.0224. The summed E-state index contributed by atoms with van der Waals surface area (Å²) < 4.78 is 21.1. The van der Waals surface area contributed by atoms with Gasteiger partial charge in [-0.15, -0.1) is 0 Å². The molecule has 1 aromatic carbocycles. The fourth-order valence-electron chi connectivity index (χ4n) is 1.42. The Morgan fingerprint density at radius 1 is 0.947 bits per heavy atom. The van der Waals surface area contributed by atoms with Crippen LogP contribution in [0.1, 0.15) is 6.42 Å². The fourth-order valence-corrected chi connectivity index (χ4v) is 1.42. The molecule has 0 aliphatic rings. The highest BCUT2D eigenvalue weighted by Crippen LogP contribution is 2.14. The molecule has 2 N–H and O–H groups in total. The van der Waals surface area contributed by atoms with Crippen LogP contribution < -0.4 is 10.5 Å². The third-order valence-electron chi connectivity index (χ3n) is 2.36. The van der Waals surface area contributed by atoms with Crippen molar-refractivity contribution in [2.75, 3.05) is 52.5 Å². The predicted molar refractivity (Wildman–Crippen MR) is 74.5 cm³/mol. The van der Waals surface area contributed by atoms with E-state index in [1.807, 2.05) is 24.3 Å². The first-order valence-corrected chi connectivity index (χ1v) is 6.45. The second-order valence-electron chi connectivity index (χ2n) is 3.99. The molecule has 0 aromatic heterocycles. The van der Waals surface area contributed by atoms with Gasteiger partial charge in [-0.1, -0.05) is 6.07 Å². The van der Waals surface area contributed by atoms with Gasteiger partial charge < -0.3 is 24.7 Å². The van der Waals surface area contributed by atoms with Gasteiger partial charge in [-0.2, -0.15) is 0 Å². The SMILES string of the molecule is COCCOCCOCCCOc1cccc(N)c1. The minimum absolute atomic E-state index is 0.597. The maximum Gasteiger partial charge on any atom is 0.121 e. The van der Waals surface area contributed by atoms with Crippen LogP contribution in [-0.4, -0.2) is 46.8 Å². The summed E-state index contributed by atoms with van der Waals surface area (Å²) in [6.07, 6.45) is 0.840. The third kappa shape index (κ3) is 8.42. The van der Waals surface area contributed by atoms with E-state index >= 15 is 0 Å². The molecule has 0 unspecified atom stereocenters. The number of benzene rings is 1. The first-order valence-electron chi connectivity index (χ1n) is 6.45. The Morgan fingerprint density at radius 2 is 1.68 bits per heavy atom. The molecule has 5 nitrogen and oxygen atoms in total. The molecule has 0 radical (unpaired) electrons. The number of rotatable bonds is 11. The number of methoxy groups -OCH3 is 1. The minimum atomic E-state index is 0.597. The van der Waals surface area contributed by atoms with Gasteiger partial charge >= 0.3 is 0 Å². The first kappa shape index (κ1) is 15.8. The summed E-state index contributed by atoms with van der Waals surface area (Å²) in [7, 11) is 1.65. The van der Waals surface area contributed by atoms with Gasteiger partial charge in [0.2, 0.25) is 0 Å². The Labute approximate surface area is 114 Å². The number of ether oxygens (including phenoxy) is 4. The molecule has 19 heavy (non-hydrogen) atoms. The summed E-state index contributed by atoms with van der Waals surface area (Å²) >= 11 is 0. The molecule has 0 fully saturated rings. The summed E-state index contributed by atoms with van der Waals surface area (Å²) in [5.74, 6) is 0.794. The number of nitrogens with two attached hydrogens (primary N) is 1. The zero-order valence-electron chi connectivity index (χ0n) is 11.5. The molecule has 0 aliphatic heterocycles. The van der Waals surface area contributed by atoms with Gasteiger partial charge in [-0.05, 0) is 12.1 Å². The molecule has 0 saturated heterocycles. The van der Waals surface area contributed by atoms with E-state index in [1.165, 1.54) is 0 Å². The van der Waals surface area contributed by atoms with Gasteiger partial charge in [0, 0.05) is 31.9 Å². The van der Waals surface area contributed by atoms with E-state index in [2.05, 4.69) is 0 Å². The van der Waals surface area contributed by atoms with Crippen LogP contribution >= 0.6 is 0 Å². The predicted octanol–water partition coefficient (Wildman–Crippen LogP) is 1.72. The van der Waals surface area contributed by atoms with Crippen LogP contribution in [0.4, 0.5) is 5.69 Å². The second kappa shape index (κ2) is 10.6. The third-order valence-corrected chi connectivity index (χ3v) is 2.36. The average Bonchev–Trinajstić information content (AvgIpc) is 2.41. The fraction of sp³-hybridized carbons (Fsp3) is 0.571. The molecule has 0 heterocycles. The minimum Gasteiger partial charge on any atom is -0.493 e. The molecule has 1 aromatic rings. The van der Waals surface area contributed by atoms with Crippen LogP contribution in [0.25, 0.3) is 0 Å². The van der Waals surface area contributed by atoms with Crippen LogP contribution in [0.5, 0.6) is 5.75 Å². The number of nitrogen functional groups attached to an aromatic ring is 1. The van der Waals surface area contributed by atoms with Crippen molar-refractivity contribution in [1.82, 2.24) is 0 Å². The van der Waals surface area contributed by atoms with Crippen molar-refractivity contribution in [3.05, 3.63) is 24.3 Å². The molecule has 0 saturated carbocycles. The van der Waals surface area contributed by atoms with Crippen molar-refractivity contribution in [2.24, 2.45) is 0 Å². The molecule has 108 valence electrons. The largest absolute Gasteiger partial charge is 0.493 e. The maximum absolute atomic E-state index is 5.65. The summed E-state index contributed by atoms with van der Waals surface area (Å²) in [6.45, 7) is 3.71. The molecule has 0 aliphatic carbocycles. The van der Waals surface area contributed by atoms with Crippen LogP contribution in [-0.2, 0) is 14.2 Å². The highest BCUT2D eigenvalue weighted by atomic mass is 16.5. The molecule has 0 amide bonds. The van der Waals surface area contributed by atoms with Crippen molar-refractivity contribution in [1.29, 1.82) is 0 Å². The molecule has 5 heteroatoms. The Morgan fingerprint density at radius 3 is 2.42 bits per heavy atom. The maximum atomic E-state index is 5.65. The zero-order chi connectivity index (χ0) is 13.8. The van der Waals surface area contributed by atoms with Gasteiger partial charge in [-0.3, -0.25) is 0 Å². The van der Waals surface area contributed by atoms with E-state index in [-0.39, 0.29) is 0 Å². The summed E-state index contributed by atoms with van der Waals surface area (Å²) in [6, 6.07) is 7.41. The number of hydrogen-bond donors (Lipinski definition) is 1. The van der Waals surface area contributed by atoms with Crippen molar-refractivity contribution in [2.45, 2.75) is 6.42 Å². The summed E-state index contributed by atoms with van der Waals surface area (Å²) in [4.78, 5) is 0. The quantitative estimate of drug-likeness (QED) is 0.489. The van der Waals surface area contributed by atoms with Crippen molar-refractivity contribution < 1.29 is 18.9 Å². The molecular formula is C14H23NO4.